The molecule has 2 N–H and O–H groups in total. The highest BCUT2D eigenvalue weighted by atomic mass is 32.2. The van der Waals surface area contributed by atoms with Gasteiger partial charge in [-0.2, -0.15) is 0 Å². The average Bonchev–Trinajstić information content (AvgIpc) is 2.86. The molecule has 1 unspecified atom stereocenters. The van der Waals surface area contributed by atoms with Crippen molar-refractivity contribution in [3.8, 4) is 0 Å². The molecule has 1 saturated carbocycles. The Morgan fingerprint density at radius 1 is 1.42 bits per heavy atom. The van der Waals surface area contributed by atoms with E-state index in [1.165, 1.54) is 24.6 Å². The van der Waals surface area contributed by atoms with Crippen LogP contribution in [-0.4, -0.2) is 32.4 Å². The first-order valence-corrected chi connectivity index (χ1v) is 7.35. The number of H-pyrrole nitrogens is 1. The Labute approximate surface area is 115 Å². The number of nitrogens with zero attached hydrogens (tertiary/aromatic N) is 2. The molecule has 104 valence electrons. The molecular formula is C12H18N4O2S. The molecule has 0 radical (unpaired) electrons. The third-order valence-corrected chi connectivity index (χ3v) is 4.17. The zero-order valence-electron chi connectivity index (χ0n) is 11.1. The fraction of sp³-hybridized carbons (Fsp3) is 0.667. The van der Waals surface area contributed by atoms with E-state index >= 15 is 0 Å². The van der Waals surface area contributed by atoms with Crippen molar-refractivity contribution >= 4 is 17.7 Å². The number of aryl methyl sites for hydroxylation is 1. The van der Waals surface area contributed by atoms with Crippen molar-refractivity contribution in [1.29, 1.82) is 0 Å². The van der Waals surface area contributed by atoms with Crippen molar-refractivity contribution in [2.24, 2.45) is 0 Å². The molecule has 0 aromatic carbocycles. The molecule has 6 nitrogen and oxygen atoms in total. The molecule has 0 spiro atoms. The number of aromatic amines is 1. The van der Waals surface area contributed by atoms with Crippen molar-refractivity contribution in [2.75, 3.05) is 0 Å². The molecular weight excluding hydrogens is 264 g/mol. The molecule has 7 heteroatoms. The largest absolute Gasteiger partial charge is 0.352 e. The van der Waals surface area contributed by atoms with Gasteiger partial charge in [-0.25, -0.2) is 0 Å². The lowest BCUT2D eigenvalue weighted by atomic mass is 10.2. The number of hydrogen-bond donors (Lipinski definition) is 2. The summed E-state index contributed by atoms with van der Waals surface area (Å²) in [6.45, 7) is 3.39. The van der Waals surface area contributed by atoms with E-state index in [1.54, 1.807) is 13.8 Å². The normalized spacial score (nSPS) is 17.4. The predicted octanol–water partition coefficient (Wildman–Crippen LogP) is 1.01. The van der Waals surface area contributed by atoms with Gasteiger partial charge in [0.05, 0.1) is 5.25 Å². The zero-order valence-corrected chi connectivity index (χ0v) is 11.9. The standard InChI is InChI=1S/C12H18N4O2S/c1-7-10(17)14-12(16-15-7)19-8(2)11(18)13-9-5-3-4-6-9/h8-9H,3-6H2,1-2H3,(H,13,18)(H,14,16,17). The predicted molar refractivity (Wildman–Crippen MR) is 73.1 cm³/mol. The quantitative estimate of drug-likeness (QED) is 0.805. The SMILES string of the molecule is Cc1nnc(SC(C)C(=O)NC2CCCC2)[nH]c1=O. The molecule has 1 aromatic heterocycles. The Morgan fingerprint density at radius 2 is 2.11 bits per heavy atom. The molecule has 2 rings (SSSR count). The van der Waals surface area contributed by atoms with Gasteiger partial charge in [0.15, 0.2) is 5.16 Å². The van der Waals surface area contributed by atoms with E-state index in [9.17, 15) is 9.59 Å². The molecule has 1 aliphatic rings. The smallest absolute Gasteiger partial charge is 0.273 e. The second-order valence-corrected chi connectivity index (χ2v) is 6.12. The number of aromatic nitrogens is 3. The monoisotopic (exact) mass is 282 g/mol. The topological polar surface area (TPSA) is 87.7 Å². The van der Waals surface area contributed by atoms with Crippen LogP contribution < -0.4 is 10.9 Å². The fourth-order valence-corrected chi connectivity index (χ4v) is 2.79. The van der Waals surface area contributed by atoms with E-state index in [4.69, 9.17) is 0 Å². The first-order valence-electron chi connectivity index (χ1n) is 6.47. The van der Waals surface area contributed by atoms with E-state index in [2.05, 4.69) is 20.5 Å². The van der Waals surface area contributed by atoms with Gasteiger partial charge in [0, 0.05) is 6.04 Å². The van der Waals surface area contributed by atoms with Crippen LogP contribution in [0.1, 0.15) is 38.3 Å². The lowest BCUT2D eigenvalue weighted by Gasteiger charge is -2.15. The number of hydrogen-bond acceptors (Lipinski definition) is 5. The van der Waals surface area contributed by atoms with E-state index in [0.29, 0.717) is 16.9 Å². The van der Waals surface area contributed by atoms with Gasteiger partial charge in [0.1, 0.15) is 5.69 Å². The summed E-state index contributed by atoms with van der Waals surface area (Å²) in [7, 11) is 0. The van der Waals surface area contributed by atoms with E-state index in [0.717, 1.165) is 12.8 Å². The first-order chi connectivity index (χ1) is 9.06. The zero-order chi connectivity index (χ0) is 13.8. The Morgan fingerprint density at radius 3 is 2.74 bits per heavy atom. The molecule has 1 aromatic rings. The van der Waals surface area contributed by atoms with E-state index < -0.39 is 0 Å². The summed E-state index contributed by atoms with van der Waals surface area (Å²) in [6.07, 6.45) is 4.49. The number of thioether (sulfide) groups is 1. The number of amides is 1. The molecule has 1 aliphatic carbocycles. The van der Waals surface area contributed by atoms with Gasteiger partial charge in [-0.3, -0.25) is 14.6 Å². The third-order valence-electron chi connectivity index (χ3n) is 3.20. The molecule has 1 heterocycles. The van der Waals surface area contributed by atoms with Crippen molar-refractivity contribution < 1.29 is 4.79 Å². The minimum atomic E-state index is -0.298. The van der Waals surface area contributed by atoms with Crippen LogP contribution in [0, 0.1) is 6.92 Å². The lowest BCUT2D eigenvalue weighted by Crippen LogP contribution is -2.37. The molecule has 0 aliphatic heterocycles. The van der Waals surface area contributed by atoms with Crippen LogP contribution >= 0.6 is 11.8 Å². The summed E-state index contributed by atoms with van der Waals surface area (Å²) in [4.78, 5) is 26.0. The molecule has 0 bridgehead atoms. The number of rotatable bonds is 4. The van der Waals surface area contributed by atoms with Crippen molar-refractivity contribution in [3.63, 3.8) is 0 Å². The molecule has 1 fully saturated rings. The van der Waals surface area contributed by atoms with Crippen LogP contribution in [0.2, 0.25) is 0 Å². The molecule has 19 heavy (non-hydrogen) atoms. The lowest BCUT2D eigenvalue weighted by molar-refractivity contribution is -0.120. The van der Waals surface area contributed by atoms with Crippen LogP contribution in [-0.2, 0) is 4.79 Å². The molecule has 1 amide bonds. The highest BCUT2D eigenvalue weighted by molar-refractivity contribution is 8.00. The highest BCUT2D eigenvalue weighted by Crippen LogP contribution is 2.21. The van der Waals surface area contributed by atoms with Gasteiger partial charge >= 0.3 is 0 Å². The van der Waals surface area contributed by atoms with Crippen LogP contribution in [0.5, 0.6) is 0 Å². The Balaban J connectivity index is 1.91. The fourth-order valence-electron chi connectivity index (χ4n) is 2.04. The summed E-state index contributed by atoms with van der Waals surface area (Å²) < 4.78 is 0. The van der Waals surface area contributed by atoms with Gasteiger partial charge in [-0.15, -0.1) is 10.2 Å². The van der Waals surface area contributed by atoms with Gasteiger partial charge in [-0.05, 0) is 26.7 Å². The van der Waals surface area contributed by atoms with Crippen LogP contribution in [0.4, 0.5) is 0 Å². The van der Waals surface area contributed by atoms with Gasteiger partial charge < -0.3 is 5.32 Å². The van der Waals surface area contributed by atoms with Crippen LogP contribution in [0.25, 0.3) is 0 Å². The van der Waals surface area contributed by atoms with Crippen LogP contribution in [0.15, 0.2) is 9.95 Å². The summed E-state index contributed by atoms with van der Waals surface area (Å²) in [5, 5.41) is 10.7. The minimum Gasteiger partial charge on any atom is -0.352 e. The van der Waals surface area contributed by atoms with Crippen molar-refractivity contribution in [3.05, 3.63) is 16.0 Å². The van der Waals surface area contributed by atoms with Gasteiger partial charge in [0.25, 0.3) is 5.56 Å². The van der Waals surface area contributed by atoms with Gasteiger partial charge in [-0.1, -0.05) is 24.6 Å². The summed E-state index contributed by atoms with van der Waals surface area (Å²) in [5.41, 5.74) is 0.0633. The average molecular weight is 282 g/mol. The second-order valence-electron chi connectivity index (χ2n) is 4.79. The maximum absolute atomic E-state index is 12.0. The maximum atomic E-state index is 12.0. The number of carbonyl (C=O) groups is 1. The Bertz CT molecular complexity index is 511. The Hall–Kier alpha value is -1.37. The van der Waals surface area contributed by atoms with Crippen molar-refractivity contribution in [1.82, 2.24) is 20.5 Å². The van der Waals surface area contributed by atoms with E-state index in [-0.39, 0.29) is 16.7 Å². The molecule has 1 atom stereocenters. The number of carbonyl (C=O) groups excluding carboxylic acids is 1. The van der Waals surface area contributed by atoms with Crippen LogP contribution in [0.3, 0.4) is 0 Å². The maximum Gasteiger partial charge on any atom is 0.273 e. The highest BCUT2D eigenvalue weighted by Gasteiger charge is 2.21. The minimum absolute atomic E-state index is 0.0138. The number of nitrogens with one attached hydrogen (secondary N) is 2. The summed E-state index contributed by atoms with van der Waals surface area (Å²) in [6, 6.07) is 0.304. The van der Waals surface area contributed by atoms with E-state index in [1.807, 2.05) is 0 Å². The summed E-state index contributed by atoms with van der Waals surface area (Å²) in [5.74, 6) is -0.0138. The second kappa shape index (κ2) is 6.18. The Kier molecular flexibility index (Phi) is 4.57. The van der Waals surface area contributed by atoms with Gasteiger partial charge in [0.2, 0.25) is 5.91 Å². The third kappa shape index (κ3) is 3.79. The molecule has 0 saturated heterocycles. The summed E-state index contributed by atoms with van der Waals surface area (Å²) >= 11 is 1.22. The van der Waals surface area contributed by atoms with Crippen molar-refractivity contribution in [2.45, 2.75) is 56.0 Å². The first kappa shape index (κ1) is 14.0.